The number of nitrogen functional groups attached to an aromatic ring is 1. The zero-order valence-corrected chi connectivity index (χ0v) is 11.2. The number of anilines is 2. The molecule has 20 heavy (non-hydrogen) atoms. The van der Waals surface area contributed by atoms with E-state index < -0.39 is 0 Å². The highest BCUT2D eigenvalue weighted by Gasteiger charge is 2.24. The molecule has 1 aliphatic rings. The fourth-order valence-corrected chi connectivity index (χ4v) is 2.48. The zero-order valence-electron chi connectivity index (χ0n) is 11.2. The second-order valence-corrected chi connectivity index (χ2v) is 4.82. The second kappa shape index (κ2) is 5.28. The molecule has 0 saturated carbocycles. The summed E-state index contributed by atoms with van der Waals surface area (Å²) in [6.07, 6.45) is 1.52. The Morgan fingerprint density at radius 3 is 2.45 bits per heavy atom. The molecular weight excluding hydrogens is 254 g/mol. The summed E-state index contributed by atoms with van der Waals surface area (Å²) in [5.41, 5.74) is 7.80. The third kappa shape index (κ3) is 2.34. The van der Waals surface area contributed by atoms with Gasteiger partial charge in [-0.25, -0.2) is 0 Å². The van der Waals surface area contributed by atoms with Crippen LogP contribution in [0, 0.1) is 0 Å². The van der Waals surface area contributed by atoms with E-state index in [0.29, 0.717) is 18.8 Å². The summed E-state index contributed by atoms with van der Waals surface area (Å²) in [7, 11) is 0. The zero-order chi connectivity index (χ0) is 13.9. The van der Waals surface area contributed by atoms with E-state index in [2.05, 4.69) is 4.90 Å². The van der Waals surface area contributed by atoms with Crippen molar-refractivity contribution in [3.63, 3.8) is 0 Å². The highest BCUT2D eigenvalue weighted by Crippen LogP contribution is 2.23. The first kappa shape index (κ1) is 12.6. The molecular formula is C15H17N3O2. The number of piperazine rings is 1. The van der Waals surface area contributed by atoms with Crippen LogP contribution in [-0.4, -0.2) is 37.0 Å². The molecule has 0 aliphatic carbocycles. The van der Waals surface area contributed by atoms with Crippen molar-refractivity contribution in [3.8, 4) is 0 Å². The number of rotatable bonds is 2. The standard InChI is InChI=1S/C15H17N3O2/c16-12-4-1-2-5-13(12)17-7-9-18(10-8-17)15(19)14-6-3-11-20-14/h1-6,11H,7-10,16H2. The predicted molar refractivity (Wildman–Crippen MR) is 77.7 cm³/mol. The van der Waals surface area contributed by atoms with Gasteiger partial charge in [-0.1, -0.05) is 12.1 Å². The van der Waals surface area contributed by atoms with Gasteiger partial charge < -0.3 is 20.0 Å². The summed E-state index contributed by atoms with van der Waals surface area (Å²) < 4.78 is 5.15. The van der Waals surface area contributed by atoms with Crippen LogP contribution in [0.15, 0.2) is 47.1 Å². The lowest BCUT2D eigenvalue weighted by molar-refractivity contribution is 0.0715. The van der Waals surface area contributed by atoms with Crippen LogP contribution in [0.2, 0.25) is 0 Å². The molecule has 104 valence electrons. The molecule has 5 heteroatoms. The molecule has 0 unspecified atom stereocenters. The first-order valence-corrected chi connectivity index (χ1v) is 6.68. The molecule has 1 aliphatic heterocycles. The quantitative estimate of drug-likeness (QED) is 0.846. The van der Waals surface area contributed by atoms with Crippen molar-refractivity contribution in [1.29, 1.82) is 0 Å². The molecule has 2 N–H and O–H groups in total. The van der Waals surface area contributed by atoms with Crippen molar-refractivity contribution in [2.24, 2.45) is 0 Å². The van der Waals surface area contributed by atoms with E-state index in [9.17, 15) is 4.79 Å². The summed E-state index contributed by atoms with van der Waals surface area (Å²) in [4.78, 5) is 16.2. The fraction of sp³-hybridized carbons (Fsp3) is 0.267. The number of nitrogens with two attached hydrogens (primary N) is 1. The molecule has 1 fully saturated rings. The lowest BCUT2D eigenvalue weighted by atomic mass is 10.2. The summed E-state index contributed by atoms with van der Waals surface area (Å²) in [5, 5.41) is 0. The van der Waals surface area contributed by atoms with Gasteiger partial charge in [0.2, 0.25) is 0 Å². The minimum atomic E-state index is -0.0457. The van der Waals surface area contributed by atoms with Crippen LogP contribution in [0.5, 0.6) is 0 Å². The number of carbonyl (C=O) groups is 1. The van der Waals surface area contributed by atoms with Crippen LogP contribution < -0.4 is 10.6 Å². The van der Waals surface area contributed by atoms with E-state index in [-0.39, 0.29) is 5.91 Å². The molecule has 2 aromatic rings. The Morgan fingerprint density at radius 2 is 1.80 bits per heavy atom. The van der Waals surface area contributed by atoms with Crippen LogP contribution in [0.3, 0.4) is 0 Å². The largest absolute Gasteiger partial charge is 0.459 e. The van der Waals surface area contributed by atoms with Crippen molar-refractivity contribution >= 4 is 17.3 Å². The van der Waals surface area contributed by atoms with Gasteiger partial charge in [0.1, 0.15) is 0 Å². The number of benzene rings is 1. The first-order chi connectivity index (χ1) is 9.75. The number of para-hydroxylation sites is 2. The van der Waals surface area contributed by atoms with E-state index in [1.54, 1.807) is 12.1 Å². The number of carbonyl (C=O) groups excluding carboxylic acids is 1. The van der Waals surface area contributed by atoms with Crippen LogP contribution in [-0.2, 0) is 0 Å². The maximum Gasteiger partial charge on any atom is 0.289 e. The number of hydrogen-bond donors (Lipinski definition) is 1. The molecule has 2 heterocycles. The summed E-state index contributed by atoms with van der Waals surface area (Å²) >= 11 is 0. The summed E-state index contributed by atoms with van der Waals surface area (Å²) in [5.74, 6) is 0.355. The molecule has 1 aromatic heterocycles. The van der Waals surface area contributed by atoms with Gasteiger partial charge in [0.15, 0.2) is 5.76 Å². The van der Waals surface area contributed by atoms with Gasteiger partial charge >= 0.3 is 0 Å². The Labute approximate surface area is 117 Å². The van der Waals surface area contributed by atoms with Gasteiger partial charge in [0.25, 0.3) is 5.91 Å². The predicted octanol–water partition coefficient (Wildman–Crippen LogP) is 1.82. The van der Waals surface area contributed by atoms with Gasteiger partial charge in [-0.05, 0) is 24.3 Å². The van der Waals surface area contributed by atoms with Crippen molar-refractivity contribution in [2.75, 3.05) is 36.8 Å². The van der Waals surface area contributed by atoms with E-state index in [0.717, 1.165) is 24.5 Å². The molecule has 0 bridgehead atoms. The first-order valence-electron chi connectivity index (χ1n) is 6.68. The monoisotopic (exact) mass is 271 g/mol. The maximum atomic E-state index is 12.2. The van der Waals surface area contributed by atoms with Crippen molar-refractivity contribution in [1.82, 2.24) is 4.90 Å². The van der Waals surface area contributed by atoms with Gasteiger partial charge in [0, 0.05) is 26.2 Å². The minimum absolute atomic E-state index is 0.0457. The van der Waals surface area contributed by atoms with Crippen molar-refractivity contribution in [2.45, 2.75) is 0 Å². The molecule has 0 radical (unpaired) electrons. The number of hydrogen-bond acceptors (Lipinski definition) is 4. The van der Waals surface area contributed by atoms with Gasteiger partial charge in [-0.15, -0.1) is 0 Å². The molecule has 0 spiro atoms. The van der Waals surface area contributed by atoms with E-state index >= 15 is 0 Å². The average molecular weight is 271 g/mol. The van der Waals surface area contributed by atoms with Crippen molar-refractivity contribution < 1.29 is 9.21 Å². The molecule has 1 aromatic carbocycles. The fourth-order valence-electron chi connectivity index (χ4n) is 2.48. The lowest BCUT2D eigenvalue weighted by Gasteiger charge is -2.36. The Bertz CT molecular complexity index is 587. The minimum Gasteiger partial charge on any atom is -0.459 e. The van der Waals surface area contributed by atoms with E-state index in [4.69, 9.17) is 10.2 Å². The normalized spacial score (nSPS) is 15.4. The van der Waals surface area contributed by atoms with E-state index in [1.807, 2.05) is 29.2 Å². The summed E-state index contributed by atoms with van der Waals surface area (Å²) in [6.45, 7) is 2.91. The van der Waals surface area contributed by atoms with Crippen molar-refractivity contribution in [3.05, 3.63) is 48.4 Å². The molecule has 1 amide bonds. The third-order valence-corrected chi connectivity index (χ3v) is 3.58. The lowest BCUT2D eigenvalue weighted by Crippen LogP contribution is -2.48. The van der Waals surface area contributed by atoms with Gasteiger partial charge in [-0.2, -0.15) is 0 Å². The van der Waals surface area contributed by atoms with Crippen LogP contribution in [0.1, 0.15) is 10.6 Å². The number of furan rings is 1. The average Bonchev–Trinajstić information content (AvgIpc) is 3.01. The number of amides is 1. The Kier molecular flexibility index (Phi) is 3.33. The van der Waals surface area contributed by atoms with Crippen LogP contribution in [0.4, 0.5) is 11.4 Å². The van der Waals surface area contributed by atoms with E-state index in [1.165, 1.54) is 6.26 Å². The van der Waals surface area contributed by atoms with Crippen LogP contribution >= 0.6 is 0 Å². The molecule has 3 rings (SSSR count). The number of nitrogens with zero attached hydrogens (tertiary/aromatic N) is 2. The Hall–Kier alpha value is -2.43. The van der Waals surface area contributed by atoms with Crippen LogP contribution in [0.25, 0.3) is 0 Å². The Balaban J connectivity index is 1.65. The SMILES string of the molecule is Nc1ccccc1N1CCN(C(=O)c2ccco2)CC1. The third-order valence-electron chi connectivity index (χ3n) is 3.58. The second-order valence-electron chi connectivity index (χ2n) is 4.82. The topological polar surface area (TPSA) is 62.7 Å². The highest BCUT2D eigenvalue weighted by molar-refractivity contribution is 5.91. The smallest absolute Gasteiger partial charge is 0.289 e. The maximum absolute atomic E-state index is 12.2. The van der Waals surface area contributed by atoms with Gasteiger partial charge in [-0.3, -0.25) is 4.79 Å². The van der Waals surface area contributed by atoms with Gasteiger partial charge in [0.05, 0.1) is 17.6 Å². The molecule has 0 atom stereocenters. The summed E-state index contributed by atoms with van der Waals surface area (Å²) in [6, 6.07) is 11.2. The molecule has 1 saturated heterocycles. The Morgan fingerprint density at radius 1 is 1.05 bits per heavy atom. The molecule has 5 nitrogen and oxygen atoms in total. The highest BCUT2D eigenvalue weighted by atomic mass is 16.3.